The van der Waals surface area contributed by atoms with Crippen molar-refractivity contribution < 1.29 is 27.4 Å². The summed E-state index contributed by atoms with van der Waals surface area (Å²) in [7, 11) is 0. The number of carbonyl (C=O) groups excluding carboxylic acids is 1. The zero-order valence-corrected chi connectivity index (χ0v) is 14.8. The third kappa shape index (κ3) is 4.16. The van der Waals surface area contributed by atoms with Crippen LogP contribution in [0.1, 0.15) is 12.5 Å². The molecule has 0 saturated carbocycles. The van der Waals surface area contributed by atoms with Crippen molar-refractivity contribution in [2.24, 2.45) is 0 Å². The van der Waals surface area contributed by atoms with E-state index in [2.05, 4.69) is 10.3 Å². The second-order valence-corrected chi connectivity index (χ2v) is 7.06. The summed E-state index contributed by atoms with van der Waals surface area (Å²) < 4.78 is 48.3. The van der Waals surface area contributed by atoms with E-state index in [4.69, 9.17) is 21.1 Å². The Balaban J connectivity index is 1.66. The SMILES string of the molecule is C[C@@H](Sc1ncc(C(F)(F)F)cc1Cl)C(=O)Nc1ccc2c(c1)OCO2. The number of fused-ring (bicyclic) bond motifs is 1. The van der Waals surface area contributed by atoms with Gasteiger partial charge in [0.1, 0.15) is 5.03 Å². The van der Waals surface area contributed by atoms with Crippen molar-refractivity contribution in [2.45, 2.75) is 23.4 Å². The van der Waals surface area contributed by atoms with Crippen molar-refractivity contribution in [1.82, 2.24) is 4.98 Å². The number of hydrogen-bond acceptors (Lipinski definition) is 5. The van der Waals surface area contributed by atoms with Gasteiger partial charge in [0.15, 0.2) is 11.5 Å². The van der Waals surface area contributed by atoms with E-state index in [1.54, 1.807) is 25.1 Å². The molecule has 0 spiro atoms. The van der Waals surface area contributed by atoms with Gasteiger partial charge in [-0.2, -0.15) is 13.2 Å². The number of rotatable bonds is 4. The molecule has 2 heterocycles. The summed E-state index contributed by atoms with van der Waals surface area (Å²) in [6.07, 6.45) is -3.83. The molecule has 1 aliphatic heterocycles. The molecule has 0 unspecified atom stereocenters. The molecular weight excluding hydrogens is 393 g/mol. The predicted molar refractivity (Wildman–Crippen MR) is 90.8 cm³/mol. The predicted octanol–water partition coefficient (Wildman–Crippen LogP) is 4.60. The van der Waals surface area contributed by atoms with Crippen LogP contribution < -0.4 is 14.8 Å². The monoisotopic (exact) mass is 404 g/mol. The molecule has 26 heavy (non-hydrogen) atoms. The summed E-state index contributed by atoms with van der Waals surface area (Å²) in [5.41, 5.74) is -0.428. The summed E-state index contributed by atoms with van der Waals surface area (Å²) >= 11 is 6.83. The normalized spacial score (nSPS) is 14.2. The highest BCUT2D eigenvalue weighted by Gasteiger charge is 2.32. The van der Waals surface area contributed by atoms with E-state index in [1.165, 1.54) is 0 Å². The zero-order chi connectivity index (χ0) is 18.9. The van der Waals surface area contributed by atoms with E-state index in [0.717, 1.165) is 17.8 Å². The van der Waals surface area contributed by atoms with E-state index >= 15 is 0 Å². The van der Waals surface area contributed by atoms with Gasteiger partial charge in [0.2, 0.25) is 12.7 Å². The van der Waals surface area contributed by atoms with E-state index in [9.17, 15) is 18.0 Å². The number of amides is 1. The Labute approximate surface area is 155 Å². The van der Waals surface area contributed by atoms with Crippen molar-refractivity contribution in [2.75, 3.05) is 12.1 Å². The largest absolute Gasteiger partial charge is 0.454 e. The summed E-state index contributed by atoms with van der Waals surface area (Å²) in [5, 5.41) is 2.05. The van der Waals surface area contributed by atoms with E-state index in [0.29, 0.717) is 23.4 Å². The number of halogens is 4. The third-order valence-corrected chi connectivity index (χ3v) is 4.95. The standard InChI is InChI=1S/C16H12ClF3N2O3S/c1-8(26-15-11(17)4-9(6-21-15)16(18,19)20)14(23)22-10-2-3-12-13(5-10)25-7-24-12/h2-6,8H,7H2,1H3,(H,22,23)/t8-/m1/s1. The highest BCUT2D eigenvalue weighted by atomic mass is 35.5. The van der Waals surface area contributed by atoms with Crippen LogP contribution in [0.2, 0.25) is 5.02 Å². The Morgan fingerprint density at radius 2 is 2.04 bits per heavy atom. The van der Waals surface area contributed by atoms with Crippen molar-refractivity contribution in [3.05, 3.63) is 41.0 Å². The topological polar surface area (TPSA) is 60.5 Å². The molecule has 1 aromatic heterocycles. The van der Waals surface area contributed by atoms with E-state index in [-0.39, 0.29) is 22.7 Å². The first-order chi connectivity index (χ1) is 12.2. The van der Waals surface area contributed by atoms with Crippen LogP contribution in [-0.2, 0) is 11.0 Å². The van der Waals surface area contributed by atoms with Crippen LogP contribution in [0, 0.1) is 0 Å². The average Bonchev–Trinajstić information content (AvgIpc) is 3.03. The average molecular weight is 405 g/mol. The second-order valence-electron chi connectivity index (χ2n) is 5.33. The number of nitrogens with zero attached hydrogens (tertiary/aromatic N) is 1. The molecule has 0 bridgehead atoms. The molecule has 5 nitrogen and oxygen atoms in total. The number of pyridine rings is 1. The third-order valence-electron chi connectivity index (χ3n) is 3.43. The minimum absolute atomic E-state index is 0.122. The quantitative estimate of drug-likeness (QED) is 0.754. The molecule has 0 radical (unpaired) electrons. The van der Waals surface area contributed by atoms with E-state index in [1.807, 2.05) is 0 Å². The van der Waals surface area contributed by atoms with Crippen LogP contribution in [0.25, 0.3) is 0 Å². The molecular formula is C16H12ClF3N2O3S. The van der Waals surface area contributed by atoms with Gasteiger partial charge < -0.3 is 14.8 Å². The van der Waals surface area contributed by atoms with Crippen molar-refractivity contribution in [1.29, 1.82) is 0 Å². The number of alkyl halides is 3. The lowest BCUT2D eigenvalue weighted by atomic mass is 10.2. The lowest BCUT2D eigenvalue weighted by Crippen LogP contribution is -2.22. The number of ether oxygens (including phenoxy) is 2. The maximum absolute atomic E-state index is 12.6. The lowest BCUT2D eigenvalue weighted by molar-refractivity contribution is -0.137. The maximum Gasteiger partial charge on any atom is 0.417 e. The van der Waals surface area contributed by atoms with Gasteiger partial charge in [-0.25, -0.2) is 4.98 Å². The molecule has 10 heteroatoms. The molecule has 1 amide bonds. The first-order valence-electron chi connectivity index (χ1n) is 7.34. The Hall–Kier alpha value is -2.13. The van der Waals surface area contributed by atoms with Crippen molar-refractivity contribution >= 4 is 35.0 Å². The molecule has 0 aliphatic carbocycles. The molecule has 1 atom stereocenters. The summed E-state index contributed by atoms with van der Waals surface area (Å²) in [4.78, 5) is 16.0. The number of thioether (sulfide) groups is 1. The number of anilines is 1. The van der Waals surface area contributed by atoms with Crippen molar-refractivity contribution in [3.8, 4) is 11.5 Å². The van der Waals surface area contributed by atoms with Gasteiger partial charge in [-0.1, -0.05) is 23.4 Å². The first kappa shape index (κ1) is 18.7. The van der Waals surface area contributed by atoms with Gasteiger partial charge in [0.25, 0.3) is 0 Å². The zero-order valence-electron chi connectivity index (χ0n) is 13.3. The second kappa shape index (κ2) is 7.24. The van der Waals surface area contributed by atoms with Crippen LogP contribution >= 0.6 is 23.4 Å². The molecule has 1 aliphatic rings. The van der Waals surface area contributed by atoms with Crippen LogP contribution in [0.5, 0.6) is 11.5 Å². The smallest absolute Gasteiger partial charge is 0.417 e. The molecule has 0 fully saturated rings. The van der Waals surface area contributed by atoms with Crippen molar-refractivity contribution in [3.63, 3.8) is 0 Å². The Bertz CT molecular complexity index is 848. The van der Waals surface area contributed by atoms with Gasteiger partial charge in [-0.15, -0.1) is 0 Å². The maximum atomic E-state index is 12.6. The highest BCUT2D eigenvalue weighted by molar-refractivity contribution is 8.00. The summed E-state index contributed by atoms with van der Waals surface area (Å²) in [6.45, 7) is 1.72. The number of carbonyl (C=O) groups is 1. The minimum atomic E-state index is -4.53. The number of aromatic nitrogens is 1. The fourth-order valence-corrected chi connectivity index (χ4v) is 3.19. The molecule has 1 N–H and O–H groups in total. The van der Waals surface area contributed by atoms with Crippen LogP contribution in [0.15, 0.2) is 35.5 Å². The lowest BCUT2D eigenvalue weighted by Gasteiger charge is -2.13. The van der Waals surface area contributed by atoms with Crippen LogP contribution in [0.4, 0.5) is 18.9 Å². The summed E-state index contributed by atoms with van der Waals surface area (Å²) in [5.74, 6) is 0.758. The summed E-state index contributed by atoms with van der Waals surface area (Å²) in [6, 6.07) is 5.75. The fraction of sp³-hybridized carbons (Fsp3) is 0.250. The molecule has 0 saturated heterocycles. The Kier molecular flexibility index (Phi) is 5.19. The van der Waals surface area contributed by atoms with Gasteiger partial charge in [-0.3, -0.25) is 4.79 Å². The van der Waals surface area contributed by atoms with Gasteiger partial charge in [-0.05, 0) is 25.1 Å². The molecule has 2 aromatic rings. The Morgan fingerprint density at radius 1 is 1.31 bits per heavy atom. The number of hydrogen-bond donors (Lipinski definition) is 1. The number of nitrogens with one attached hydrogen (secondary N) is 1. The van der Waals surface area contributed by atoms with Gasteiger partial charge in [0, 0.05) is 18.0 Å². The van der Waals surface area contributed by atoms with E-state index < -0.39 is 17.0 Å². The Morgan fingerprint density at radius 3 is 2.73 bits per heavy atom. The van der Waals surface area contributed by atoms with Crippen LogP contribution in [-0.4, -0.2) is 22.9 Å². The number of benzene rings is 1. The minimum Gasteiger partial charge on any atom is -0.454 e. The molecule has 138 valence electrons. The fourth-order valence-electron chi connectivity index (χ4n) is 2.11. The highest BCUT2D eigenvalue weighted by Crippen LogP contribution is 2.36. The first-order valence-corrected chi connectivity index (χ1v) is 8.59. The van der Waals surface area contributed by atoms with Crippen LogP contribution in [0.3, 0.4) is 0 Å². The van der Waals surface area contributed by atoms with Gasteiger partial charge in [0.05, 0.1) is 15.8 Å². The molecule has 3 rings (SSSR count). The van der Waals surface area contributed by atoms with Gasteiger partial charge >= 0.3 is 6.18 Å². The molecule has 1 aromatic carbocycles.